The van der Waals surface area contributed by atoms with Crippen LogP contribution < -0.4 is 4.90 Å². The zero-order valence-electron chi connectivity index (χ0n) is 19.8. The van der Waals surface area contributed by atoms with Crippen LogP contribution in [-0.2, 0) is 5.41 Å². The largest absolute Gasteiger partial charge is 0.338 e. The summed E-state index contributed by atoms with van der Waals surface area (Å²) in [6, 6.07) is 36.2. The fourth-order valence-electron chi connectivity index (χ4n) is 5.79. The lowest BCUT2D eigenvalue weighted by atomic mass is 9.82. The molecule has 0 unspecified atom stereocenters. The molecule has 0 aliphatic heterocycles. The molecule has 0 heterocycles. The maximum absolute atomic E-state index is 2.51. The lowest BCUT2D eigenvalue weighted by molar-refractivity contribution is 0.659. The molecule has 1 nitrogen and oxygen atoms in total. The zero-order chi connectivity index (χ0) is 22.7. The van der Waals surface area contributed by atoms with Crippen molar-refractivity contribution in [2.24, 2.45) is 0 Å². The van der Waals surface area contributed by atoms with Crippen molar-refractivity contribution in [1.29, 1.82) is 0 Å². The zero-order valence-corrected chi connectivity index (χ0v) is 19.8. The fourth-order valence-corrected chi connectivity index (χ4v) is 5.79. The summed E-state index contributed by atoms with van der Waals surface area (Å²) in [5.41, 5.74) is 8.09. The molecule has 0 bridgehead atoms. The Bertz CT molecular complexity index is 1520. The molecule has 0 amide bonds. The third-order valence-electron chi connectivity index (χ3n) is 7.37. The number of nitrogens with zero attached hydrogens (tertiary/aromatic N) is 1. The van der Waals surface area contributed by atoms with E-state index in [-0.39, 0.29) is 5.41 Å². The first-order chi connectivity index (χ1) is 16.0. The van der Waals surface area contributed by atoms with Gasteiger partial charge in [-0.1, -0.05) is 92.7 Å². The van der Waals surface area contributed by atoms with Gasteiger partial charge in [0.25, 0.3) is 0 Å². The van der Waals surface area contributed by atoms with E-state index in [1.165, 1.54) is 55.2 Å². The van der Waals surface area contributed by atoms with Crippen LogP contribution in [0.4, 0.5) is 11.4 Å². The number of benzene rings is 5. The van der Waals surface area contributed by atoms with Gasteiger partial charge >= 0.3 is 0 Å². The molecule has 0 radical (unpaired) electrons. The van der Waals surface area contributed by atoms with Gasteiger partial charge in [0.15, 0.2) is 0 Å². The van der Waals surface area contributed by atoms with Crippen LogP contribution in [0.3, 0.4) is 0 Å². The lowest BCUT2D eigenvalue weighted by Crippen LogP contribution is -2.26. The lowest BCUT2D eigenvalue weighted by Gasteiger charge is -2.32. The van der Waals surface area contributed by atoms with E-state index in [0.29, 0.717) is 6.04 Å². The van der Waals surface area contributed by atoms with E-state index >= 15 is 0 Å². The SMILES string of the molecule is CC(C)N(c1ccc2c(c1)C(C)(C)c1ccccc1-2)c1cc2ccccc2c2ccccc12. The van der Waals surface area contributed by atoms with Crippen molar-refractivity contribution < 1.29 is 0 Å². The summed E-state index contributed by atoms with van der Waals surface area (Å²) in [5, 5.41) is 5.20. The van der Waals surface area contributed by atoms with Crippen molar-refractivity contribution in [1.82, 2.24) is 0 Å². The number of hydrogen-bond donors (Lipinski definition) is 0. The molecular formula is C32H29N. The Morgan fingerprint density at radius 3 is 2.03 bits per heavy atom. The van der Waals surface area contributed by atoms with Gasteiger partial charge in [-0.25, -0.2) is 0 Å². The summed E-state index contributed by atoms with van der Waals surface area (Å²) in [6.07, 6.45) is 0. The summed E-state index contributed by atoms with van der Waals surface area (Å²) < 4.78 is 0. The molecule has 162 valence electrons. The minimum Gasteiger partial charge on any atom is -0.338 e. The molecule has 0 atom stereocenters. The smallest absolute Gasteiger partial charge is 0.0499 e. The molecule has 0 aromatic heterocycles. The predicted octanol–water partition coefficient (Wildman–Crippen LogP) is 8.85. The third-order valence-corrected chi connectivity index (χ3v) is 7.37. The van der Waals surface area contributed by atoms with Crippen molar-refractivity contribution in [3.63, 3.8) is 0 Å². The van der Waals surface area contributed by atoms with E-state index in [9.17, 15) is 0 Å². The highest BCUT2D eigenvalue weighted by Gasteiger charge is 2.35. The molecule has 1 aliphatic carbocycles. The van der Waals surface area contributed by atoms with Crippen molar-refractivity contribution in [2.45, 2.75) is 39.2 Å². The molecule has 0 spiro atoms. The van der Waals surface area contributed by atoms with Gasteiger partial charge < -0.3 is 4.90 Å². The normalized spacial score (nSPS) is 14.0. The Hall–Kier alpha value is -3.58. The van der Waals surface area contributed by atoms with E-state index in [1.807, 2.05) is 0 Å². The molecule has 1 aliphatic rings. The molecule has 0 N–H and O–H groups in total. The van der Waals surface area contributed by atoms with Gasteiger partial charge in [0.1, 0.15) is 0 Å². The second kappa shape index (κ2) is 7.22. The van der Waals surface area contributed by atoms with Crippen molar-refractivity contribution in [3.05, 3.63) is 108 Å². The van der Waals surface area contributed by atoms with Gasteiger partial charge in [-0.05, 0) is 70.5 Å². The number of anilines is 2. The predicted molar refractivity (Wildman–Crippen MR) is 143 cm³/mol. The van der Waals surface area contributed by atoms with Gasteiger partial charge in [0, 0.05) is 28.2 Å². The summed E-state index contributed by atoms with van der Waals surface area (Å²) >= 11 is 0. The molecule has 5 aromatic carbocycles. The second-order valence-electron chi connectivity index (χ2n) is 10.0. The summed E-state index contributed by atoms with van der Waals surface area (Å²) in [7, 11) is 0. The van der Waals surface area contributed by atoms with Crippen LogP contribution in [0.5, 0.6) is 0 Å². The number of fused-ring (bicyclic) bond motifs is 6. The Morgan fingerprint density at radius 1 is 0.606 bits per heavy atom. The Labute approximate surface area is 196 Å². The number of rotatable bonds is 3. The Morgan fingerprint density at radius 2 is 1.24 bits per heavy atom. The summed E-state index contributed by atoms with van der Waals surface area (Å²) in [6.45, 7) is 9.29. The third kappa shape index (κ3) is 2.92. The van der Waals surface area contributed by atoms with E-state index in [1.54, 1.807) is 0 Å². The Balaban J connectivity index is 1.59. The highest BCUT2D eigenvalue weighted by molar-refractivity contribution is 6.13. The molecule has 6 rings (SSSR count). The van der Waals surface area contributed by atoms with Gasteiger partial charge in [-0.2, -0.15) is 0 Å². The molecule has 5 aromatic rings. The van der Waals surface area contributed by atoms with Crippen molar-refractivity contribution in [3.8, 4) is 11.1 Å². The molecule has 0 fully saturated rings. The number of hydrogen-bond acceptors (Lipinski definition) is 1. The standard InChI is InChI=1S/C32H29N/c1-21(2)33(31-19-22-11-5-6-12-24(22)25-13-7-8-15-28(25)31)23-17-18-27-26-14-9-10-16-29(26)32(3,4)30(27)20-23/h5-21H,1-4H3. The summed E-state index contributed by atoms with van der Waals surface area (Å²) in [4.78, 5) is 2.51. The van der Waals surface area contributed by atoms with Crippen LogP contribution in [0, 0.1) is 0 Å². The average molecular weight is 428 g/mol. The average Bonchev–Trinajstić information content (AvgIpc) is 3.06. The molecule has 33 heavy (non-hydrogen) atoms. The van der Waals surface area contributed by atoms with Crippen LogP contribution >= 0.6 is 0 Å². The highest BCUT2D eigenvalue weighted by atomic mass is 15.2. The quantitative estimate of drug-likeness (QED) is 0.260. The monoisotopic (exact) mass is 427 g/mol. The first-order valence-electron chi connectivity index (χ1n) is 11.9. The highest BCUT2D eigenvalue weighted by Crippen LogP contribution is 2.50. The van der Waals surface area contributed by atoms with E-state index in [0.717, 1.165) is 0 Å². The fraction of sp³-hybridized carbons (Fsp3) is 0.188. The molecule has 1 heteroatoms. The van der Waals surface area contributed by atoms with Crippen molar-refractivity contribution >= 4 is 32.9 Å². The van der Waals surface area contributed by atoms with Crippen LogP contribution in [0.1, 0.15) is 38.8 Å². The van der Waals surface area contributed by atoms with E-state index < -0.39 is 0 Å². The van der Waals surface area contributed by atoms with Crippen LogP contribution in [0.15, 0.2) is 97.1 Å². The van der Waals surface area contributed by atoms with Gasteiger partial charge in [0.2, 0.25) is 0 Å². The van der Waals surface area contributed by atoms with Gasteiger partial charge in [0.05, 0.1) is 0 Å². The molecule has 0 saturated carbocycles. The molecular weight excluding hydrogens is 398 g/mol. The molecule has 0 saturated heterocycles. The topological polar surface area (TPSA) is 3.24 Å². The van der Waals surface area contributed by atoms with Crippen LogP contribution in [0.25, 0.3) is 32.7 Å². The van der Waals surface area contributed by atoms with Gasteiger partial charge in [-0.3, -0.25) is 0 Å². The maximum atomic E-state index is 2.51. The maximum Gasteiger partial charge on any atom is 0.0499 e. The van der Waals surface area contributed by atoms with Crippen molar-refractivity contribution in [2.75, 3.05) is 4.90 Å². The van der Waals surface area contributed by atoms with Crippen LogP contribution in [0.2, 0.25) is 0 Å². The minimum absolute atomic E-state index is 0.00393. The first-order valence-corrected chi connectivity index (χ1v) is 11.9. The van der Waals surface area contributed by atoms with E-state index in [4.69, 9.17) is 0 Å². The van der Waals surface area contributed by atoms with Crippen LogP contribution in [-0.4, -0.2) is 6.04 Å². The Kier molecular flexibility index (Phi) is 4.39. The minimum atomic E-state index is -0.00393. The second-order valence-corrected chi connectivity index (χ2v) is 10.0. The van der Waals surface area contributed by atoms with E-state index in [2.05, 4.69) is 130 Å². The first kappa shape index (κ1) is 20.1. The van der Waals surface area contributed by atoms with Gasteiger partial charge in [-0.15, -0.1) is 0 Å². The summed E-state index contributed by atoms with van der Waals surface area (Å²) in [5.74, 6) is 0.